The first kappa shape index (κ1) is 25.5. The van der Waals surface area contributed by atoms with Gasteiger partial charge in [0.25, 0.3) is 5.91 Å². The van der Waals surface area contributed by atoms with Crippen molar-refractivity contribution in [3.8, 4) is 10.6 Å². The van der Waals surface area contributed by atoms with Gasteiger partial charge < -0.3 is 4.74 Å². The first-order chi connectivity index (χ1) is 19.6. The van der Waals surface area contributed by atoms with Gasteiger partial charge in [0.05, 0.1) is 15.8 Å². The molecule has 1 heterocycles. The highest BCUT2D eigenvalue weighted by Crippen LogP contribution is 2.36. The van der Waals surface area contributed by atoms with E-state index in [9.17, 15) is 9.59 Å². The van der Waals surface area contributed by atoms with Crippen molar-refractivity contribution in [3.05, 3.63) is 127 Å². The summed E-state index contributed by atoms with van der Waals surface area (Å²) < 4.78 is 7.06. The van der Waals surface area contributed by atoms with Crippen molar-refractivity contribution >= 4 is 55.6 Å². The van der Waals surface area contributed by atoms with Crippen LogP contribution in [-0.2, 0) is 9.53 Å². The van der Waals surface area contributed by atoms with E-state index in [0.717, 1.165) is 31.6 Å². The van der Waals surface area contributed by atoms with Gasteiger partial charge in [0.15, 0.2) is 6.10 Å². The zero-order chi connectivity index (χ0) is 27.5. The second-order valence-corrected chi connectivity index (χ2v) is 10.4. The predicted molar refractivity (Wildman–Crippen MR) is 162 cm³/mol. The molecule has 6 heteroatoms. The number of esters is 1. The molecule has 0 N–H and O–H groups in total. The summed E-state index contributed by atoms with van der Waals surface area (Å²) in [6, 6.07) is 38.3. The molecule has 1 amide bonds. The molecule has 0 radical (unpaired) electrons. The number of fused-ring (bicyclic) bond motifs is 2. The van der Waals surface area contributed by atoms with Gasteiger partial charge >= 0.3 is 5.97 Å². The van der Waals surface area contributed by atoms with E-state index in [-0.39, 0.29) is 5.91 Å². The van der Waals surface area contributed by atoms with Crippen LogP contribution in [0.2, 0.25) is 0 Å². The Morgan fingerprint density at radius 3 is 2.05 bits per heavy atom. The van der Waals surface area contributed by atoms with Crippen molar-refractivity contribution in [1.29, 1.82) is 0 Å². The number of thiazole rings is 1. The zero-order valence-corrected chi connectivity index (χ0v) is 22.7. The Morgan fingerprint density at radius 1 is 0.775 bits per heavy atom. The molecule has 1 aromatic heterocycles. The number of aromatic nitrogens is 1. The smallest absolute Gasteiger partial charge is 0.339 e. The molecule has 0 bridgehead atoms. The Hall–Kier alpha value is -4.81. The third-order valence-corrected chi connectivity index (χ3v) is 7.86. The molecule has 40 heavy (non-hydrogen) atoms. The average molecular weight is 543 g/mol. The van der Waals surface area contributed by atoms with Gasteiger partial charge in [-0.3, -0.25) is 9.69 Å². The normalized spacial score (nSPS) is 11.8. The van der Waals surface area contributed by atoms with E-state index in [1.807, 2.05) is 122 Å². The molecule has 0 saturated carbocycles. The van der Waals surface area contributed by atoms with Crippen molar-refractivity contribution in [2.45, 2.75) is 19.4 Å². The summed E-state index contributed by atoms with van der Waals surface area (Å²) in [6.07, 6.45) is -0.645. The number of carbonyl (C=O) groups excluding carboxylic acids is 2. The monoisotopic (exact) mass is 542 g/mol. The van der Waals surface area contributed by atoms with Gasteiger partial charge in [-0.15, -0.1) is 11.3 Å². The van der Waals surface area contributed by atoms with Gasteiger partial charge in [-0.1, -0.05) is 85.8 Å². The first-order valence-corrected chi connectivity index (χ1v) is 14.0. The Labute approximate surface area is 236 Å². The van der Waals surface area contributed by atoms with Crippen molar-refractivity contribution < 1.29 is 14.3 Å². The highest BCUT2D eigenvalue weighted by molar-refractivity contribution is 7.21. The summed E-state index contributed by atoms with van der Waals surface area (Å²) in [5, 5.41) is 2.50. The number of rotatable bonds is 7. The highest BCUT2D eigenvalue weighted by Gasteiger charge is 2.30. The summed E-state index contributed by atoms with van der Waals surface area (Å²) in [6.45, 7) is 1.85. The van der Waals surface area contributed by atoms with Crippen LogP contribution in [-0.4, -0.2) is 23.0 Å². The van der Waals surface area contributed by atoms with Gasteiger partial charge in [-0.05, 0) is 54.3 Å². The van der Waals surface area contributed by atoms with Crippen molar-refractivity contribution in [3.63, 3.8) is 0 Å². The van der Waals surface area contributed by atoms with Crippen molar-refractivity contribution in [2.75, 3.05) is 4.90 Å². The molecule has 196 valence electrons. The van der Waals surface area contributed by atoms with Gasteiger partial charge in [0.2, 0.25) is 0 Å². The standard InChI is InChI=1S/C34H26N2O3S/c1-2-29(33(37)36(24-15-5-3-6-16-24)25-17-7-4-8-18-25)39-34(38)27-20-12-14-23-13-11-19-26(31(23)27)32-35-28-21-9-10-22-30(28)40-32/h3-22,29H,2H2,1H3. The third-order valence-electron chi connectivity index (χ3n) is 6.79. The van der Waals surface area contributed by atoms with E-state index in [2.05, 4.69) is 0 Å². The van der Waals surface area contributed by atoms with Crippen LogP contribution >= 0.6 is 11.3 Å². The average Bonchev–Trinajstić information content (AvgIpc) is 3.44. The van der Waals surface area contributed by atoms with Crippen LogP contribution in [0.25, 0.3) is 31.6 Å². The van der Waals surface area contributed by atoms with Gasteiger partial charge in [-0.2, -0.15) is 0 Å². The summed E-state index contributed by atoms with van der Waals surface area (Å²) in [5.74, 6) is -0.847. The summed E-state index contributed by atoms with van der Waals surface area (Å²) >= 11 is 1.58. The number of ether oxygens (including phenoxy) is 1. The molecule has 1 unspecified atom stereocenters. The maximum Gasteiger partial charge on any atom is 0.339 e. The number of hydrogen-bond acceptors (Lipinski definition) is 5. The molecule has 0 aliphatic heterocycles. The van der Waals surface area contributed by atoms with Crippen LogP contribution in [0.5, 0.6) is 0 Å². The van der Waals surface area contributed by atoms with Crippen molar-refractivity contribution in [2.24, 2.45) is 0 Å². The quantitative estimate of drug-likeness (QED) is 0.190. The summed E-state index contributed by atoms with van der Waals surface area (Å²) in [7, 11) is 0. The third kappa shape index (κ3) is 4.85. The van der Waals surface area contributed by atoms with Crippen LogP contribution in [0.4, 0.5) is 11.4 Å². The van der Waals surface area contributed by atoms with Crippen molar-refractivity contribution in [1.82, 2.24) is 4.98 Å². The van der Waals surface area contributed by atoms with E-state index >= 15 is 0 Å². The lowest BCUT2D eigenvalue weighted by Crippen LogP contribution is -2.38. The van der Waals surface area contributed by atoms with E-state index in [4.69, 9.17) is 9.72 Å². The molecular weight excluding hydrogens is 516 g/mol. The Balaban J connectivity index is 1.37. The minimum atomic E-state index is -0.974. The topological polar surface area (TPSA) is 59.5 Å². The fourth-order valence-electron chi connectivity index (χ4n) is 4.88. The Kier molecular flexibility index (Phi) is 7.08. The Morgan fingerprint density at radius 2 is 1.40 bits per heavy atom. The van der Waals surface area contributed by atoms with Crippen LogP contribution in [0.15, 0.2) is 121 Å². The molecule has 0 saturated heterocycles. The molecule has 5 nitrogen and oxygen atoms in total. The number of carbonyl (C=O) groups is 2. The molecule has 1 atom stereocenters. The van der Waals surface area contributed by atoms with Crippen LogP contribution in [0.1, 0.15) is 23.7 Å². The molecular formula is C34H26N2O3S. The first-order valence-electron chi connectivity index (χ1n) is 13.2. The van der Waals surface area contributed by atoms with Gasteiger partial charge in [0, 0.05) is 22.3 Å². The molecule has 5 aromatic carbocycles. The molecule has 0 aliphatic carbocycles. The molecule has 0 fully saturated rings. The van der Waals surface area contributed by atoms with Gasteiger partial charge in [-0.25, -0.2) is 9.78 Å². The lowest BCUT2D eigenvalue weighted by Gasteiger charge is -2.27. The molecule has 6 aromatic rings. The van der Waals surface area contributed by atoms with Gasteiger partial charge in [0.1, 0.15) is 5.01 Å². The molecule has 0 aliphatic rings. The Bertz CT molecular complexity index is 1740. The molecule has 0 spiro atoms. The van der Waals surface area contributed by atoms with E-state index < -0.39 is 12.1 Å². The number of amides is 1. The maximum atomic E-state index is 13.9. The summed E-state index contributed by atoms with van der Waals surface area (Å²) in [5.41, 5.74) is 3.59. The fraction of sp³-hybridized carbons (Fsp3) is 0.0882. The maximum absolute atomic E-state index is 13.9. The summed E-state index contributed by atoms with van der Waals surface area (Å²) in [4.78, 5) is 34.2. The zero-order valence-electron chi connectivity index (χ0n) is 21.9. The SMILES string of the molecule is CCC(OC(=O)c1cccc2cccc(-c3nc4ccccc4s3)c12)C(=O)N(c1ccccc1)c1ccccc1. The number of hydrogen-bond donors (Lipinski definition) is 0. The molecule has 6 rings (SSSR count). The number of benzene rings is 5. The fourth-order valence-corrected chi connectivity index (χ4v) is 5.88. The van der Waals surface area contributed by atoms with Crippen LogP contribution in [0.3, 0.4) is 0 Å². The van der Waals surface area contributed by atoms with E-state index in [1.165, 1.54) is 0 Å². The van der Waals surface area contributed by atoms with E-state index in [0.29, 0.717) is 23.4 Å². The second-order valence-electron chi connectivity index (χ2n) is 9.34. The van der Waals surface area contributed by atoms with E-state index in [1.54, 1.807) is 22.3 Å². The number of anilines is 2. The number of para-hydroxylation sites is 3. The lowest BCUT2D eigenvalue weighted by atomic mass is 9.99. The minimum absolute atomic E-state index is 0.306. The largest absolute Gasteiger partial charge is 0.449 e. The van der Waals surface area contributed by atoms with Crippen LogP contribution in [0, 0.1) is 0 Å². The minimum Gasteiger partial charge on any atom is -0.449 e. The number of nitrogens with zero attached hydrogens (tertiary/aromatic N) is 2. The highest BCUT2D eigenvalue weighted by atomic mass is 32.1. The van der Waals surface area contributed by atoms with Crippen LogP contribution < -0.4 is 4.90 Å². The predicted octanol–water partition coefficient (Wildman–Crippen LogP) is 8.42. The lowest BCUT2D eigenvalue weighted by molar-refractivity contribution is -0.126. The second kappa shape index (κ2) is 11.1.